The van der Waals surface area contributed by atoms with E-state index in [4.69, 9.17) is 9.84 Å². The minimum atomic E-state index is -1.02. The smallest absolute Gasteiger partial charge is 0.419 e. The molecule has 0 radical (unpaired) electrons. The monoisotopic (exact) mass is 250 g/mol. The molecule has 0 aliphatic carbocycles. The second-order valence-electron chi connectivity index (χ2n) is 4.42. The van der Waals surface area contributed by atoms with Crippen molar-refractivity contribution in [2.75, 3.05) is 13.1 Å². The molecule has 1 amide bonds. The van der Waals surface area contributed by atoms with Crippen molar-refractivity contribution in [2.24, 2.45) is 0 Å². The van der Waals surface area contributed by atoms with Crippen LogP contribution in [-0.4, -0.2) is 35.4 Å². The summed E-state index contributed by atoms with van der Waals surface area (Å²) < 4.78 is 5.81. The Kier molecular flexibility index (Phi) is 4.55. The van der Waals surface area contributed by atoms with Crippen molar-refractivity contribution >= 4 is 6.09 Å². The van der Waals surface area contributed by atoms with Gasteiger partial charge in [-0.05, 0) is 18.4 Å². The lowest BCUT2D eigenvalue weighted by Gasteiger charge is -2.31. The van der Waals surface area contributed by atoms with E-state index in [0.717, 1.165) is 24.9 Å². The molecule has 2 N–H and O–H groups in total. The molecule has 5 nitrogen and oxygen atoms in total. The van der Waals surface area contributed by atoms with Crippen LogP contribution in [0.25, 0.3) is 0 Å². The Morgan fingerprint density at radius 2 is 2.22 bits per heavy atom. The summed E-state index contributed by atoms with van der Waals surface area (Å²) in [4.78, 5) is 10.6. The number of hydrogen-bond acceptors (Lipinski definition) is 3. The molecule has 1 aliphatic heterocycles. The van der Waals surface area contributed by atoms with Gasteiger partial charge < -0.3 is 9.84 Å². The van der Waals surface area contributed by atoms with E-state index in [-0.39, 0.29) is 6.10 Å². The van der Waals surface area contributed by atoms with Gasteiger partial charge in [0.1, 0.15) is 0 Å². The van der Waals surface area contributed by atoms with Gasteiger partial charge in [0.25, 0.3) is 0 Å². The van der Waals surface area contributed by atoms with Gasteiger partial charge in [0.2, 0.25) is 0 Å². The zero-order valence-corrected chi connectivity index (χ0v) is 10.2. The van der Waals surface area contributed by atoms with Crippen molar-refractivity contribution in [3.63, 3.8) is 0 Å². The Hall–Kier alpha value is -1.59. The van der Waals surface area contributed by atoms with Crippen LogP contribution in [0.2, 0.25) is 0 Å². The number of amides is 1. The number of ether oxygens (including phenoxy) is 1. The lowest BCUT2D eigenvalue weighted by atomic mass is 10.1. The van der Waals surface area contributed by atoms with Crippen LogP contribution in [0.1, 0.15) is 18.4 Å². The number of nitrogens with zero attached hydrogens (tertiary/aromatic N) is 1. The quantitative estimate of drug-likeness (QED) is 0.856. The first-order chi connectivity index (χ1) is 8.74. The summed E-state index contributed by atoms with van der Waals surface area (Å²) in [6.07, 6.45) is 0.995. The van der Waals surface area contributed by atoms with Crippen molar-refractivity contribution in [1.82, 2.24) is 10.4 Å². The van der Waals surface area contributed by atoms with E-state index in [9.17, 15) is 4.79 Å². The van der Waals surface area contributed by atoms with Gasteiger partial charge in [0.15, 0.2) is 0 Å². The highest BCUT2D eigenvalue weighted by atomic mass is 16.5. The van der Waals surface area contributed by atoms with Gasteiger partial charge >= 0.3 is 6.09 Å². The molecule has 1 aliphatic rings. The van der Waals surface area contributed by atoms with Crippen molar-refractivity contribution in [3.05, 3.63) is 35.9 Å². The molecule has 0 bridgehead atoms. The first kappa shape index (κ1) is 12.9. The lowest BCUT2D eigenvalue weighted by Crippen LogP contribution is -2.49. The van der Waals surface area contributed by atoms with Crippen LogP contribution in [0.15, 0.2) is 30.3 Å². The van der Waals surface area contributed by atoms with E-state index in [1.165, 1.54) is 0 Å². The summed E-state index contributed by atoms with van der Waals surface area (Å²) in [6.45, 7) is 1.93. The van der Waals surface area contributed by atoms with Gasteiger partial charge in [-0.25, -0.2) is 9.80 Å². The average Bonchev–Trinajstić information content (AvgIpc) is 2.37. The van der Waals surface area contributed by atoms with E-state index < -0.39 is 6.09 Å². The molecule has 1 heterocycles. The van der Waals surface area contributed by atoms with Gasteiger partial charge in [-0.15, -0.1) is 0 Å². The maximum atomic E-state index is 10.6. The van der Waals surface area contributed by atoms with Crippen LogP contribution < -0.4 is 5.43 Å². The molecule has 0 spiro atoms. The molecule has 1 atom stereocenters. The van der Waals surface area contributed by atoms with Gasteiger partial charge in [0.05, 0.1) is 12.7 Å². The number of piperidine rings is 1. The second kappa shape index (κ2) is 6.37. The number of carboxylic acid groups (broad SMARTS) is 1. The number of carbonyl (C=O) groups is 1. The minimum absolute atomic E-state index is 0.0887. The molecule has 0 aromatic heterocycles. The Morgan fingerprint density at radius 1 is 1.44 bits per heavy atom. The highest BCUT2D eigenvalue weighted by molar-refractivity contribution is 5.63. The second-order valence-corrected chi connectivity index (χ2v) is 4.42. The third kappa shape index (κ3) is 4.01. The molecule has 0 unspecified atom stereocenters. The van der Waals surface area contributed by atoms with Gasteiger partial charge in [-0.3, -0.25) is 5.43 Å². The fourth-order valence-electron chi connectivity index (χ4n) is 2.10. The van der Waals surface area contributed by atoms with Crippen molar-refractivity contribution in [3.8, 4) is 0 Å². The molecule has 1 aromatic rings. The SMILES string of the molecule is O=C(O)NN1CCC[C@H](OCc2ccccc2)C1. The first-order valence-corrected chi connectivity index (χ1v) is 6.14. The number of benzene rings is 1. The van der Waals surface area contributed by atoms with E-state index >= 15 is 0 Å². The molecule has 18 heavy (non-hydrogen) atoms. The van der Waals surface area contributed by atoms with Crippen LogP contribution in [-0.2, 0) is 11.3 Å². The number of nitrogens with one attached hydrogen (secondary N) is 1. The van der Waals surface area contributed by atoms with Crippen LogP contribution in [0, 0.1) is 0 Å². The summed E-state index contributed by atoms with van der Waals surface area (Å²) in [5.41, 5.74) is 3.52. The fraction of sp³-hybridized carbons (Fsp3) is 0.462. The van der Waals surface area contributed by atoms with Crippen LogP contribution in [0.4, 0.5) is 4.79 Å². The summed E-state index contributed by atoms with van der Waals surface area (Å²) >= 11 is 0. The van der Waals surface area contributed by atoms with Crippen molar-refractivity contribution < 1.29 is 14.6 Å². The standard InChI is InChI=1S/C13H18N2O3/c16-13(17)14-15-8-4-7-12(9-15)18-10-11-5-2-1-3-6-11/h1-3,5-6,12,14H,4,7-10H2,(H,16,17)/t12-/m0/s1. The van der Waals surface area contributed by atoms with E-state index in [0.29, 0.717) is 13.2 Å². The molecule has 1 aromatic carbocycles. The van der Waals surface area contributed by atoms with E-state index in [1.807, 2.05) is 30.3 Å². The molecule has 1 saturated heterocycles. The topological polar surface area (TPSA) is 61.8 Å². The third-order valence-electron chi connectivity index (χ3n) is 2.96. The highest BCUT2D eigenvalue weighted by Gasteiger charge is 2.21. The molecular formula is C13H18N2O3. The van der Waals surface area contributed by atoms with E-state index in [2.05, 4.69) is 5.43 Å². The molecule has 2 rings (SSSR count). The molecule has 98 valence electrons. The predicted molar refractivity (Wildman–Crippen MR) is 67.0 cm³/mol. The number of hydrogen-bond donors (Lipinski definition) is 2. The largest absolute Gasteiger partial charge is 0.464 e. The predicted octanol–water partition coefficient (Wildman–Crippen LogP) is 1.85. The minimum Gasteiger partial charge on any atom is -0.464 e. The van der Waals surface area contributed by atoms with Crippen LogP contribution >= 0.6 is 0 Å². The summed E-state index contributed by atoms with van der Waals surface area (Å²) in [5.74, 6) is 0. The first-order valence-electron chi connectivity index (χ1n) is 6.14. The van der Waals surface area contributed by atoms with Gasteiger partial charge in [0, 0.05) is 13.1 Å². The average molecular weight is 250 g/mol. The molecule has 5 heteroatoms. The summed E-state index contributed by atoms with van der Waals surface area (Å²) in [6, 6.07) is 9.99. The molecular weight excluding hydrogens is 232 g/mol. The fourth-order valence-corrected chi connectivity index (χ4v) is 2.10. The number of rotatable bonds is 4. The summed E-state index contributed by atoms with van der Waals surface area (Å²) in [7, 11) is 0. The Bertz CT molecular complexity index is 383. The van der Waals surface area contributed by atoms with Crippen molar-refractivity contribution in [1.29, 1.82) is 0 Å². The zero-order chi connectivity index (χ0) is 12.8. The van der Waals surface area contributed by atoms with Crippen LogP contribution in [0.5, 0.6) is 0 Å². The highest BCUT2D eigenvalue weighted by Crippen LogP contribution is 2.13. The Balaban J connectivity index is 1.77. The third-order valence-corrected chi connectivity index (χ3v) is 2.96. The molecule has 0 saturated carbocycles. The van der Waals surface area contributed by atoms with E-state index in [1.54, 1.807) is 5.01 Å². The Labute approximate surface area is 106 Å². The van der Waals surface area contributed by atoms with Crippen molar-refractivity contribution in [2.45, 2.75) is 25.6 Å². The normalized spacial score (nSPS) is 20.6. The van der Waals surface area contributed by atoms with Gasteiger partial charge in [-0.1, -0.05) is 30.3 Å². The molecule has 1 fully saturated rings. The Morgan fingerprint density at radius 3 is 2.94 bits per heavy atom. The number of hydrazine groups is 1. The maximum Gasteiger partial charge on any atom is 0.419 e. The summed E-state index contributed by atoms with van der Waals surface area (Å²) in [5, 5.41) is 10.4. The maximum absolute atomic E-state index is 10.6. The lowest BCUT2D eigenvalue weighted by molar-refractivity contribution is -0.0221. The van der Waals surface area contributed by atoms with Crippen LogP contribution in [0.3, 0.4) is 0 Å². The van der Waals surface area contributed by atoms with Gasteiger partial charge in [-0.2, -0.15) is 0 Å². The zero-order valence-electron chi connectivity index (χ0n) is 10.2.